The highest BCUT2D eigenvalue weighted by Gasteiger charge is 2.28. The molecule has 4 nitrogen and oxygen atoms in total. The van der Waals surface area contributed by atoms with Crippen LogP contribution in [0.3, 0.4) is 0 Å². The largest absolute Gasteiger partial charge is 0.486 e. The molecule has 0 aromatic heterocycles. The van der Waals surface area contributed by atoms with Crippen molar-refractivity contribution in [2.24, 2.45) is 0 Å². The molecule has 0 atom stereocenters. The molecule has 0 spiro atoms. The van der Waals surface area contributed by atoms with Crippen LogP contribution < -0.4 is 14.4 Å². The van der Waals surface area contributed by atoms with Crippen LogP contribution in [0.15, 0.2) is 48.5 Å². The second kappa shape index (κ2) is 7.18. The number of anilines is 1. The molecule has 4 rings (SSSR count). The maximum absolute atomic E-state index is 13.4. The minimum atomic E-state index is 0.0371. The van der Waals surface area contributed by atoms with Gasteiger partial charge < -0.3 is 14.4 Å². The van der Waals surface area contributed by atoms with E-state index in [1.165, 1.54) is 19.3 Å². The highest BCUT2D eigenvalue weighted by atomic mass is 16.6. The lowest BCUT2D eigenvalue weighted by Gasteiger charge is -2.34. The summed E-state index contributed by atoms with van der Waals surface area (Å²) in [7, 11) is 0. The fourth-order valence-corrected chi connectivity index (χ4v) is 3.74. The van der Waals surface area contributed by atoms with Crippen LogP contribution in [-0.4, -0.2) is 25.2 Å². The number of nitrogens with zero attached hydrogens (tertiary/aromatic N) is 1. The van der Waals surface area contributed by atoms with E-state index in [1.807, 2.05) is 53.4 Å². The number of carbonyl (C=O) groups is 1. The van der Waals surface area contributed by atoms with Crippen molar-refractivity contribution in [3.63, 3.8) is 0 Å². The molecule has 0 bridgehead atoms. The predicted molar refractivity (Wildman–Crippen MR) is 97.6 cm³/mol. The van der Waals surface area contributed by atoms with Crippen molar-refractivity contribution in [1.82, 2.24) is 0 Å². The lowest BCUT2D eigenvalue weighted by Crippen LogP contribution is -2.41. The smallest absolute Gasteiger partial charge is 0.258 e. The summed E-state index contributed by atoms with van der Waals surface area (Å²) in [6, 6.07) is 15.8. The molecule has 1 amide bonds. The van der Waals surface area contributed by atoms with Crippen LogP contribution in [0.4, 0.5) is 5.69 Å². The van der Waals surface area contributed by atoms with E-state index in [1.54, 1.807) is 0 Å². The Morgan fingerprint density at radius 2 is 1.60 bits per heavy atom. The predicted octanol–water partition coefficient (Wildman–Crippen LogP) is 4.44. The summed E-state index contributed by atoms with van der Waals surface area (Å²) in [5.74, 6) is 1.41. The first-order valence-corrected chi connectivity index (χ1v) is 9.11. The average Bonchev–Trinajstić information content (AvgIpc) is 2.69. The lowest BCUT2D eigenvalue weighted by atomic mass is 9.93. The Bertz CT molecular complexity index is 738. The molecule has 2 aliphatic rings. The highest BCUT2D eigenvalue weighted by Crippen LogP contribution is 2.33. The van der Waals surface area contributed by atoms with Crippen LogP contribution in [-0.2, 0) is 0 Å². The summed E-state index contributed by atoms with van der Waals surface area (Å²) in [6.45, 7) is 1.08. The van der Waals surface area contributed by atoms with Crippen LogP contribution in [0.2, 0.25) is 0 Å². The Morgan fingerprint density at radius 3 is 2.36 bits per heavy atom. The molecule has 0 saturated heterocycles. The highest BCUT2D eigenvalue weighted by molar-refractivity contribution is 6.06. The number of benzene rings is 2. The number of para-hydroxylation sites is 1. The molecule has 4 heteroatoms. The molecule has 130 valence electrons. The molecule has 1 aliphatic carbocycles. The molecule has 0 radical (unpaired) electrons. The van der Waals surface area contributed by atoms with Gasteiger partial charge in [-0.05, 0) is 43.2 Å². The van der Waals surface area contributed by atoms with E-state index in [0.29, 0.717) is 30.3 Å². The summed E-state index contributed by atoms with van der Waals surface area (Å²) in [5, 5.41) is 0. The van der Waals surface area contributed by atoms with Gasteiger partial charge in [-0.2, -0.15) is 0 Å². The SMILES string of the molecule is O=C(c1ccc2c(c1)OCCO2)N(c1ccccc1)C1CCCCC1. The summed E-state index contributed by atoms with van der Waals surface area (Å²) in [4.78, 5) is 15.3. The van der Waals surface area contributed by atoms with Gasteiger partial charge in [0.15, 0.2) is 11.5 Å². The van der Waals surface area contributed by atoms with E-state index >= 15 is 0 Å². The van der Waals surface area contributed by atoms with Gasteiger partial charge in [0, 0.05) is 17.3 Å². The third-order valence-corrected chi connectivity index (χ3v) is 4.98. The van der Waals surface area contributed by atoms with Crippen LogP contribution in [0.1, 0.15) is 42.5 Å². The molecular formula is C21H23NO3. The number of rotatable bonds is 3. The van der Waals surface area contributed by atoms with Crippen molar-refractivity contribution < 1.29 is 14.3 Å². The Balaban J connectivity index is 1.67. The van der Waals surface area contributed by atoms with E-state index in [-0.39, 0.29) is 11.9 Å². The van der Waals surface area contributed by atoms with E-state index in [2.05, 4.69) is 0 Å². The van der Waals surface area contributed by atoms with Gasteiger partial charge in [-0.3, -0.25) is 4.79 Å². The molecule has 0 N–H and O–H groups in total. The fourth-order valence-electron chi connectivity index (χ4n) is 3.74. The van der Waals surface area contributed by atoms with Gasteiger partial charge in [0.1, 0.15) is 13.2 Å². The first kappa shape index (κ1) is 16.0. The zero-order chi connectivity index (χ0) is 17.1. The van der Waals surface area contributed by atoms with Gasteiger partial charge in [0.25, 0.3) is 5.91 Å². The monoisotopic (exact) mass is 337 g/mol. The number of amides is 1. The van der Waals surface area contributed by atoms with Gasteiger partial charge in [-0.25, -0.2) is 0 Å². The Labute approximate surface area is 148 Å². The number of carbonyl (C=O) groups excluding carboxylic acids is 1. The first-order valence-electron chi connectivity index (χ1n) is 9.11. The topological polar surface area (TPSA) is 38.8 Å². The molecule has 1 fully saturated rings. The van der Waals surface area contributed by atoms with Crippen LogP contribution >= 0.6 is 0 Å². The number of ether oxygens (including phenoxy) is 2. The first-order chi connectivity index (χ1) is 12.3. The molecule has 2 aromatic carbocycles. The van der Waals surface area contributed by atoms with Gasteiger partial charge in [0.2, 0.25) is 0 Å². The molecule has 1 heterocycles. The second-order valence-electron chi connectivity index (χ2n) is 6.66. The Morgan fingerprint density at radius 1 is 0.880 bits per heavy atom. The number of hydrogen-bond acceptors (Lipinski definition) is 3. The molecular weight excluding hydrogens is 314 g/mol. The van der Waals surface area contributed by atoms with Gasteiger partial charge >= 0.3 is 0 Å². The minimum absolute atomic E-state index is 0.0371. The van der Waals surface area contributed by atoms with Crippen molar-refractivity contribution in [2.45, 2.75) is 38.1 Å². The van der Waals surface area contributed by atoms with E-state index in [0.717, 1.165) is 18.5 Å². The number of fused-ring (bicyclic) bond motifs is 1. The van der Waals surface area contributed by atoms with Crippen LogP contribution in [0.25, 0.3) is 0 Å². The van der Waals surface area contributed by atoms with Crippen molar-refractivity contribution in [1.29, 1.82) is 0 Å². The van der Waals surface area contributed by atoms with Crippen LogP contribution in [0, 0.1) is 0 Å². The molecule has 0 unspecified atom stereocenters. The van der Waals surface area contributed by atoms with Crippen molar-refractivity contribution in [2.75, 3.05) is 18.1 Å². The number of hydrogen-bond donors (Lipinski definition) is 0. The standard InChI is InChI=1S/C21H23NO3/c23-21(16-11-12-19-20(15-16)25-14-13-24-19)22(17-7-3-1-4-8-17)18-9-5-2-6-10-18/h1,3-4,7-8,11-12,15,18H,2,5-6,9-10,13-14H2. The minimum Gasteiger partial charge on any atom is -0.486 e. The summed E-state index contributed by atoms with van der Waals surface area (Å²) in [6.07, 6.45) is 5.75. The van der Waals surface area contributed by atoms with Crippen molar-refractivity contribution in [3.05, 3.63) is 54.1 Å². The Hall–Kier alpha value is -2.49. The molecule has 1 saturated carbocycles. The Kier molecular flexibility index (Phi) is 4.59. The van der Waals surface area contributed by atoms with E-state index in [4.69, 9.17) is 9.47 Å². The zero-order valence-corrected chi connectivity index (χ0v) is 14.3. The maximum atomic E-state index is 13.4. The second-order valence-corrected chi connectivity index (χ2v) is 6.66. The fraction of sp³-hybridized carbons (Fsp3) is 0.381. The average molecular weight is 337 g/mol. The van der Waals surface area contributed by atoms with Crippen molar-refractivity contribution in [3.8, 4) is 11.5 Å². The third-order valence-electron chi connectivity index (χ3n) is 4.98. The van der Waals surface area contributed by atoms with Gasteiger partial charge in [0.05, 0.1) is 0 Å². The summed E-state index contributed by atoms with van der Waals surface area (Å²) < 4.78 is 11.2. The van der Waals surface area contributed by atoms with E-state index < -0.39 is 0 Å². The third kappa shape index (κ3) is 3.34. The van der Waals surface area contributed by atoms with Gasteiger partial charge in [-0.15, -0.1) is 0 Å². The van der Waals surface area contributed by atoms with E-state index in [9.17, 15) is 4.79 Å². The quantitative estimate of drug-likeness (QED) is 0.831. The molecule has 2 aromatic rings. The van der Waals surface area contributed by atoms with Crippen LogP contribution in [0.5, 0.6) is 11.5 Å². The maximum Gasteiger partial charge on any atom is 0.258 e. The van der Waals surface area contributed by atoms with Crippen molar-refractivity contribution >= 4 is 11.6 Å². The normalized spacial score (nSPS) is 17.1. The molecule has 1 aliphatic heterocycles. The summed E-state index contributed by atoms with van der Waals surface area (Å²) in [5.41, 5.74) is 1.62. The molecule has 25 heavy (non-hydrogen) atoms. The summed E-state index contributed by atoms with van der Waals surface area (Å²) >= 11 is 0. The zero-order valence-electron chi connectivity index (χ0n) is 14.3. The van der Waals surface area contributed by atoms with Gasteiger partial charge in [-0.1, -0.05) is 37.5 Å². The lowest BCUT2D eigenvalue weighted by molar-refractivity contribution is 0.0969.